The van der Waals surface area contributed by atoms with Crippen molar-refractivity contribution in [1.82, 2.24) is 4.98 Å². The average molecular weight is 287 g/mol. The summed E-state index contributed by atoms with van der Waals surface area (Å²) in [7, 11) is 3.16. The highest BCUT2D eigenvalue weighted by Crippen LogP contribution is 2.33. The maximum atomic E-state index is 12.7. The summed E-state index contributed by atoms with van der Waals surface area (Å²) < 4.78 is 10.6. The molecule has 0 amide bonds. The number of ether oxygens (including phenoxy) is 2. The molecule has 0 aliphatic carbocycles. The predicted octanol–water partition coefficient (Wildman–Crippen LogP) is 3.48. The van der Waals surface area contributed by atoms with Crippen LogP contribution >= 0.6 is 11.3 Å². The second-order valence-corrected chi connectivity index (χ2v) is 5.15. The van der Waals surface area contributed by atoms with Crippen LogP contribution in [0.2, 0.25) is 0 Å². The van der Waals surface area contributed by atoms with E-state index in [1.54, 1.807) is 26.5 Å². The van der Waals surface area contributed by atoms with Crippen molar-refractivity contribution in [3.05, 3.63) is 46.3 Å². The minimum atomic E-state index is -0.0624. The third-order valence-electron chi connectivity index (χ3n) is 3.19. The predicted molar refractivity (Wildman–Crippen MR) is 79.2 cm³/mol. The summed E-state index contributed by atoms with van der Waals surface area (Å²) in [6.07, 6.45) is 1.72. The van der Waals surface area contributed by atoms with Gasteiger partial charge in [-0.3, -0.25) is 4.79 Å². The first-order valence-corrected chi connectivity index (χ1v) is 6.94. The normalized spacial score (nSPS) is 10.7. The van der Waals surface area contributed by atoms with E-state index in [4.69, 9.17) is 9.47 Å². The molecule has 2 aromatic heterocycles. The van der Waals surface area contributed by atoms with Gasteiger partial charge in [0, 0.05) is 11.7 Å². The molecule has 20 heavy (non-hydrogen) atoms. The largest absolute Gasteiger partial charge is 0.496 e. The maximum absolute atomic E-state index is 12.7. The number of hydrogen-bond donors (Lipinski definition) is 1. The molecule has 0 atom stereocenters. The number of H-pyrrole nitrogens is 1. The fourth-order valence-electron chi connectivity index (χ4n) is 2.25. The quantitative estimate of drug-likeness (QED) is 0.747. The van der Waals surface area contributed by atoms with Gasteiger partial charge in [-0.1, -0.05) is 6.07 Å². The number of nitrogens with one attached hydrogen (secondary N) is 1. The van der Waals surface area contributed by atoms with Gasteiger partial charge in [0.05, 0.1) is 25.2 Å². The Kier molecular flexibility index (Phi) is 3.20. The van der Waals surface area contributed by atoms with E-state index >= 15 is 0 Å². The molecular formula is C15H13NO3S. The molecule has 0 spiro atoms. The monoisotopic (exact) mass is 287 g/mol. The van der Waals surface area contributed by atoms with E-state index < -0.39 is 0 Å². The summed E-state index contributed by atoms with van der Waals surface area (Å²) in [4.78, 5) is 16.4. The van der Waals surface area contributed by atoms with Crippen molar-refractivity contribution in [2.75, 3.05) is 14.2 Å². The first-order valence-electron chi connectivity index (χ1n) is 6.06. The number of aromatic nitrogens is 1. The average Bonchev–Trinajstić information content (AvgIpc) is 3.12. The van der Waals surface area contributed by atoms with Gasteiger partial charge in [0.2, 0.25) is 5.78 Å². The lowest BCUT2D eigenvalue weighted by Crippen LogP contribution is -2.00. The zero-order valence-electron chi connectivity index (χ0n) is 11.1. The highest BCUT2D eigenvalue weighted by molar-refractivity contribution is 7.12. The van der Waals surface area contributed by atoms with Crippen molar-refractivity contribution in [2.24, 2.45) is 0 Å². The van der Waals surface area contributed by atoms with Crippen LogP contribution in [-0.4, -0.2) is 25.0 Å². The number of ketones is 1. The molecule has 2 heterocycles. The number of carbonyl (C=O) groups is 1. The van der Waals surface area contributed by atoms with Gasteiger partial charge < -0.3 is 14.5 Å². The van der Waals surface area contributed by atoms with Crippen molar-refractivity contribution >= 4 is 28.0 Å². The highest BCUT2D eigenvalue weighted by atomic mass is 32.1. The van der Waals surface area contributed by atoms with Gasteiger partial charge in [-0.15, -0.1) is 11.3 Å². The molecule has 3 rings (SSSR count). The Balaban J connectivity index is 2.17. The molecule has 3 aromatic rings. The summed E-state index contributed by atoms with van der Waals surface area (Å²) in [5, 5.41) is 2.65. The molecule has 0 unspecified atom stereocenters. The number of carbonyl (C=O) groups excluding carboxylic acids is 1. The molecule has 0 fully saturated rings. The third-order valence-corrected chi connectivity index (χ3v) is 4.08. The summed E-state index contributed by atoms with van der Waals surface area (Å²) in [5.41, 5.74) is 1.47. The van der Waals surface area contributed by atoms with Crippen molar-refractivity contribution in [3.8, 4) is 11.5 Å². The summed E-state index contributed by atoms with van der Waals surface area (Å²) in [5.74, 6) is 1.22. The molecule has 102 valence electrons. The topological polar surface area (TPSA) is 51.3 Å². The van der Waals surface area contributed by atoms with Crippen LogP contribution < -0.4 is 9.47 Å². The number of fused-ring (bicyclic) bond motifs is 1. The summed E-state index contributed by atoms with van der Waals surface area (Å²) >= 11 is 1.37. The molecule has 1 aromatic carbocycles. The van der Waals surface area contributed by atoms with Gasteiger partial charge in [-0.25, -0.2) is 0 Å². The molecule has 0 saturated heterocycles. The van der Waals surface area contributed by atoms with Crippen LogP contribution in [0, 0.1) is 0 Å². The minimum Gasteiger partial charge on any atom is -0.496 e. The minimum absolute atomic E-state index is 0.0624. The van der Waals surface area contributed by atoms with Crippen LogP contribution in [0.3, 0.4) is 0 Å². The van der Waals surface area contributed by atoms with Gasteiger partial charge in [0.1, 0.15) is 16.4 Å². The van der Waals surface area contributed by atoms with Gasteiger partial charge in [-0.2, -0.15) is 0 Å². The first-order chi connectivity index (χ1) is 9.76. The lowest BCUT2D eigenvalue weighted by Gasteiger charge is -2.04. The second-order valence-electron chi connectivity index (χ2n) is 4.23. The molecule has 0 radical (unpaired) electrons. The number of rotatable bonds is 4. The SMILES string of the molecule is COc1ccsc1C(=O)c1c[nH]c2cccc(OC)c12. The number of thiophene rings is 1. The van der Waals surface area contributed by atoms with E-state index in [-0.39, 0.29) is 5.78 Å². The molecule has 4 nitrogen and oxygen atoms in total. The van der Waals surface area contributed by atoms with Crippen LogP contribution in [0.4, 0.5) is 0 Å². The van der Waals surface area contributed by atoms with Crippen LogP contribution in [0.5, 0.6) is 11.5 Å². The summed E-state index contributed by atoms with van der Waals surface area (Å²) in [6.45, 7) is 0. The third kappa shape index (κ3) is 1.87. The Morgan fingerprint density at radius 3 is 2.70 bits per heavy atom. The lowest BCUT2D eigenvalue weighted by molar-refractivity contribution is 0.104. The Labute approximate surface area is 120 Å². The van der Waals surface area contributed by atoms with Gasteiger partial charge in [0.15, 0.2) is 0 Å². The number of benzene rings is 1. The van der Waals surface area contributed by atoms with Crippen molar-refractivity contribution < 1.29 is 14.3 Å². The highest BCUT2D eigenvalue weighted by Gasteiger charge is 2.21. The molecule has 0 aliphatic heterocycles. The fourth-order valence-corrected chi connectivity index (χ4v) is 3.06. The van der Waals surface area contributed by atoms with E-state index in [0.717, 1.165) is 10.9 Å². The number of hydrogen-bond acceptors (Lipinski definition) is 4. The van der Waals surface area contributed by atoms with Crippen LogP contribution in [0.25, 0.3) is 10.9 Å². The van der Waals surface area contributed by atoms with E-state index in [0.29, 0.717) is 21.9 Å². The van der Waals surface area contributed by atoms with Crippen LogP contribution in [0.1, 0.15) is 15.2 Å². The Bertz CT molecular complexity index is 772. The van der Waals surface area contributed by atoms with Crippen LogP contribution in [-0.2, 0) is 0 Å². The van der Waals surface area contributed by atoms with E-state index in [1.165, 1.54) is 11.3 Å². The summed E-state index contributed by atoms with van der Waals surface area (Å²) in [6, 6.07) is 7.44. The van der Waals surface area contributed by atoms with E-state index in [1.807, 2.05) is 23.6 Å². The van der Waals surface area contributed by atoms with E-state index in [9.17, 15) is 4.79 Å². The second kappa shape index (κ2) is 5.02. The smallest absolute Gasteiger partial charge is 0.209 e. The lowest BCUT2D eigenvalue weighted by atomic mass is 10.1. The van der Waals surface area contributed by atoms with Crippen molar-refractivity contribution in [1.29, 1.82) is 0 Å². The standard InChI is InChI=1S/C15H13NO3S/c1-18-11-5-3-4-10-13(11)9(8-16-10)14(17)15-12(19-2)6-7-20-15/h3-8,16H,1-2H3. The maximum Gasteiger partial charge on any atom is 0.209 e. The van der Waals surface area contributed by atoms with Gasteiger partial charge in [0.25, 0.3) is 0 Å². The molecule has 1 N–H and O–H groups in total. The number of aromatic amines is 1. The van der Waals surface area contributed by atoms with Crippen molar-refractivity contribution in [2.45, 2.75) is 0 Å². The molecule has 0 saturated carbocycles. The zero-order chi connectivity index (χ0) is 14.1. The van der Waals surface area contributed by atoms with Crippen LogP contribution in [0.15, 0.2) is 35.8 Å². The van der Waals surface area contributed by atoms with Gasteiger partial charge >= 0.3 is 0 Å². The number of methoxy groups -OCH3 is 2. The van der Waals surface area contributed by atoms with Gasteiger partial charge in [-0.05, 0) is 23.6 Å². The zero-order valence-corrected chi connectivity index (χ0v) is 11.9. The van der Waals surface area contributed by atoms with E-state index in [2.05, 4.69) is 4.98 Å². The fraction of sp³-hybridized carbons (Fsp3) is 0.133. The van der Waals surface area contributed by atoms with Crippen molar-refractivity contribution in [3.63, 3.8) is 0 Å². The first kappa shape index (κ1) is 12.7. The molecule has 5 heteroatoms. The molecular weight excluding hydrogens is 274 g/mol. The Morgan fingerprint density at radius 2 is 1.95 bits per heavy atom. The molecule has 0 bridgehead atoms. The Morgan fingerprint density at radius 1 is 1.15 bits per heavy atom. The Hall–Kier alpha value is -2.27. The molecule has 0 aliphatic rings.